The molecule has 0 amide bonds. The maximum atomic E-state index is 15.1. The molecule has 9 atom stereocenters. The second-order valence-electron chi connectivity index (χ2n) is 9.43. The zero-order valence-electron chi connectivity index (χ0n) is 21.1. The van der Waals surface area contributed by atoms with Crippen molar-refractivity contribution in [2.24, 2.45) is 0 Å². The van der Waals surface area contributed by atoms with Crippen LogP contribution in [0.1, 0.15) is 12.5 Å². The van der Waals surface area contributed by atoms with Crippen molar-refractivity contribution in [1.29, 1.82) is 0 Å². The maximum absolute atomic E-state index is 15.1. The van der Waals surface area contributed by atoms with Crippen LogP contribution in [-0.2, 0) is 23.1 Å². The van der Waals surface area contributed by atoms with Gasteiger partial charge >= 0.3 is 6.80 Å². The van der Waals surface area contributed by atoms with Crippen molar-refractivity contribution in [2.75, 3.05) is 24.7 Å². The number of aliphatic hydroxyl groups is 3. The summed E-state index contributed by atoms with van der Waals surface area (Å²) in [6.45, 7) is -5.71. The number of halogens is 1. The molecule has 0 aromatic carbocycles. The molecule has 2 aliphatic heterocycles. The quantitative estimate of drug-likeness (QED) is 0.0854. The molecule has 0 radical (unpaired) electrons. The topological polar surface area (TPSA) is 274 Å². The van der Waals surface area contributed by atoms with Crippen molar-refractivity contribution in [3.8, 4) is 0 Å². The van der Waals surface area contributed by atoms with Gasteiger partial charge in [0.1, 0.15) is 42.4 Å². The van der Waals surface area contributed by atoms with Gasteiger partial charge in [0.15, 0.2) is 41.3 Å². The highest BCUT2D eigenvalue weighted by Gasteiger charge is 2.50. The molecule has 0 bridgehead atoms. The van der Waals surface area contributed by atoms with Crippen LogP contribution in [0.4, 0.5) is 16.2 Å². The lowest BCUT2D eigenvalue weighted by atomic mass is 10.1. The van der Waals surface area contributed by atoms with Crippen molar-refractivity contribution in [1.82, 2.24) is 39.0 Å². The second-order valence-corrected chi connectivity index (χ2v) is 12.3. The first kappa shape index (κ1) is 28.8. The van der Waals surface area contributed by atoms with E-state index in [0.29, 0.717) is 0 Å². The van der Waals surface area contributed by atoms with E-state index in [2.05, 4.69) is 42.2 Å². The highest BCUT2D eigenvalue weighted by Crippen LogP contribution is 2.57. The lowest BCUT2D eigenvalue weighted by Crippen LogP contribution is -2.35. The molecule has 0 spiro atoms. The SMILES string of the molecule is Nc1nc2c(ncn2[C@@H]2O[C@H](CO)C(O)[C@H]2O[P@](=O)(S)OC[C@H]2O[C@@H](n3cnc4c(N)ncnc43)C(F)[C@@H]2O)c(=O)[nH]1. The van der Waals surface area contributed by atoms with Gasteiger partial charge < -0.3 is 36.3 Å². The molecule has 42 heavy (non-hydrogen) atoms. The third-order valence-corrected chi connectivity index (χ3v) is 8.44. The van der Waals surface area contributed by atoms with E-state index in [1.54, 1.807) is 0 Å². The fraction of sp³-hybridized carbons (Fsp3) is 0.500. The van der Waals surface area contributed by atoms with Gasteiger partial charge in [-0.3, -0.25) is 28.0 Å². The number of hydrogen-bond donors (Lipinski definition) is 7. The highest BCUT2D eigenvalue weighted by molar-refractivity contribution is 8.44. The molecular formula is C20H24FN10O9PS. The number of alkyl halides is 1. The van der Waals surface area contributed by atoms with Gasteiger partial charge in [0.25, 0.3) is 5.56 Å². The Morgan fingerprint density at radius 1 is 1.05 bits per heavy atom. The average Bonchev–Trinajstić information content (AvgIpc) is 3.69. The number of thiol groups is 1. The first-order valence-electron chi connectivity index (χ1n) is 12.2. The average molecular weight is 631 g/mol. The zero-order chi connectivity index (χ0) is 29.9. The number of hydrogen-bond acceptors (Lipinski definition) is 16. The van der Waals surface area contributed by atoms with E-state index in [4.69, 9.17) is 30.0 Å². The summed E-state index contributed by atoms with van der Waals surface area (Å²) in [6, 6.07) is 0. The smallest absolute Gasteiger partial charge is 0.386 e. The Hall–Kier alpha value is -3.27. The third kappa shape index (κ3) is 4.91. The molecule has 0 saturated carbocycles. The number of ether oxygens (including phenoxy) is 2. The summed E-state index contributed by atoms with van der Waals surface area (Å²) in [5, 5.41) is 30.9. The Morgan fingerprint density at radius 3 is 2.48 bits per heavy atom. The van der Waals surface area contributed by atoms with Crippen LogP contribution in [0.5, 0.6) is 0 Å². The molecule has 19 nitrogen and oxygen atoms in total. The van der Waals surface area contributed by atoms with E-state index < -0.39 is 74.7 Å². The maximum Gasteiger partial charge on any atom is 0.386 e. The van der Waals surface area contributed by atoms with Crippen LogP contribution in [0.2, 0.25) is 0 Å². The molecule has 6 rings (SSSR count). The molecule has 2 aliphatic rings. The number of anilines is 2. The normalized spacial score (nSPS) is 31.3. The Balaban J connectivity index is 1.19. The summed E-state index contributed by atoms with van der Waals surface area (Å²) >= 11 is 3.96. The summed E-state index contributed by atoms with van der Waals surface area (Å²) < 4.78 is 52.9. The standard InChI is InChI=1S/C20H24FN10O9PS/c21-8-11(33)7(39-18(8)30-4-26-9-14(22)24-3-25-15(9)30)2-37-41(36,42)40-13-12(34)6(1-32)38-19(13)31-5-27-10-16(31)28-20(23)29-17(10)35/h3-8,11-13,18-19,32-34H,1-2H2,(H,36,42)(H2,22,24,25)(H3,23,28,29,35)/t6-,7-,8?,11-,12?,13-,18-,19-,41-/m1/s1. The van der Waals surface area contributed by atoms with Crippen molar-refractivity contribution in [3.05, 3.63) is 29.3 Å². The van der Waals surface area contributed by atoms with Gasteiger partial charge in [-0.2, -0.15) is 4.98 Å². The predicted molar refractivity (Wildman–Crippen MR) is 142 cm³/mol. The number of nitrogen functional groups attached to an aromatic ring is 2. The predicted octanol–water partition coefficient (Wildman–Crippen LogP) is -1.59. The number of nitrogens with zero attached hydrogens (tertiary/aromatic N) is 7. The molecule has 4 aromatic heterocycles. The highest BCUT2D eigenvalue weighted by atomic mass is 32.7. The van der Waals surface area contributed by atoms with E-state index in [1.807, 2.05) is 0 Å². The molecule has 8 N–H and O–H groups in total. The van der Waals surface area contributed by atoms with Gasteiger partial charge in [-0.05, 0) is 0 Å². The lowest BCUT2D eigenvalue weighted by Gasteiger charge is -2.25. The van der Waals surface area contributed by atoms with Crippen molar-refractivity contribution in [3.63, 3.8) is 0 Å². The summed E-state index contributed by atoms with van der Waals surface area (Å²) in [5.74, 6) is -0.165. The molecule has 0 aliphatic carbocycles. The van der Waals surface area contributed by atoms with Crippen molar-refractivity contribution < 1.29 is 42.8 Å². The minimum Gasteiger partial charge on any atom is -0.394 e. The van der Waals surface area contributed by atoms with Gasteiger partial charge in [-0.1, -0.05) is 12.2 Å². The first-order chi connectivity index (χ1) is 20.0. The van der Waals surface area contributed by atoms with E-state index in [-0.39, 0.29) is 34.1 Å². The fourth-order valence-electron chi connectivity index (χ4n) is 4.81. The Labute approximate surface area is 238 Å². The van der Waals surface area contributed by atoms with Crippen molar-refractivity contribution in [2.45, 2.75) is 49.1 Å². The number of imidazole rings is 2. The minimum atomic E-state index is -4.40. The number of aromatic amines is 1. The van der Waals surface area contributed by atoms with Gasteiger partial charge in [0.05, 0.1) is 25.9 Å². The Bertz CT molecular complexity index is 1740. The number of nitrogens with two attached hydrogens (primary N) is 2. The molecule has 4 aromatic rings. The van der Waals surface area contributed by atoms with E-state index in [9.17, 15) is 24.7 Å². The lowest BCUT2D eigenvalue weighted by molar-refractivity contribution is -0.0534. The Kier molecular flexibility index (Phi) is 7.40. The van der Waals surface area contributed by atoms with Gasteiger partial charge in [0, 0.05) is 0 Å². The fourth-order valence-corrected chi connectivity index (χ4v) is 6.27. The number of aliphatic hydroxyl groups excluding tert-OH is 3. The van der Waals surface area contributed by atoms with Crippen LogP contribution in [0.3, 0.4) is 0 Å². The van der Waals surface area contributed by atoms with E-state index in [0.717, 1.165) is 12.7 Å². The number of H-pyrrole nitrogens is 1. The van der Waals surface area contributed by atoms with Crippen LogP contribution in [0.25, 0.3) is 22.3 Å². The molecule has 2 saturated heterocycles. The Morgan fingerprint density at radius 2 is 1.74 bits per heavy atom. The van der Waals surface area contributed by atoms with Crippen LogP contribution in [0, 0.1) is 0 Å². The number of rotatable bonds is 8. The second kappa shape index (κ2) is 10.8. The van der Waals surface area contributed by atoms with Crippen LogP contribution in [0.15, 0.2) is 23.8 Å². The molecular weight excluding hydrogens is 606 g/mol. The zero-order valence-corrected chi connectivity index (χ0v) is 22.9. The summed E-state index contributed by atoms with van der Waals surface area (Å²) in [4.78, 5) is 34.4. The monoisotopic (exact) mass is 630 g/mol. The van der Waals surface area contributed by atoms with Gasteiger partial charge in [-0.25, -0.2) is 28.9 Å². The van der Waals surface area contributed by atoms with E-state index in [1.165, 1.54) is 15.5 Å². The molecule has 6 heterocycles. The summed E-state index contributed by atoms with van der Waals surface area (Å²) in [6.07, 6.45) is -8.45. The molecule has 226 valence electrons. The van der Waals surface area contributed by atoms with Gasteiger partial charge in [-0.15, -0.1) is 0 Å². The third-order valence-electron chi connectivity index (χ3n) is 6.83. The summed E-state index contributed by atoms with van der Waals surface area (Å²) in [7, 11) is 0. The molecule has 22 heteroatoms. The largest absolute Gasteiger partial charge is 0.394 e. The minimum absolute atomic E-state index is 0.0443. The van der Waals surface area contributed by atoms with Crippen LogP contribution in [-0.4, -0.2) is 104 Å². The molecule has 2 fully saturated rings. The van der Waals surface area contributed by atoms with E-state index >= 15 is 4.39 Å². The summed E-state index contributed by atoms with van der Waals surface area (Å²) in [5.41, 5.74) is 11.0. The van der Waals surface area contributed by atoms with Crippen LogP contribution < -0.4 is 17.0 Å². The first-order valence-corrected chi connectivity index (χ1v) is 14.9. The molecule has 2 unspecified atom stereocenters. The van der Waals surface area contributed by atoms with Crippen LogP contribution >= 0.6 is 19.0 Å². The van der Waals surface area contributed by atoms with Gasteiger partial charge in [0.2, 0.25) is 5.95 Å². The number of fused-ring (bicyclic) bond motifs is 2. The van der Waals surface area contributed by atoms with Crippen molar-refractivity contribution >= 4 is 53.1 Å². The number of nitrogens with one attached hydrogen (secondary N) is 1. The number of aromatic nitrogens is 8.